The van der Waals surface area contributed by atoms with Crippen molar-refractivity contribution in [2.45, 2.75) is 38.7 Å². The molecular weight excluding hydrogens is 268 g/mol. The lowest BCUT2D eigenvalue weighted by atomic mass is 9.81. The normalized spacial score (nSPS) is 17.0. The summed E-state index contributed by atoms with van der Waals surface area (Å²) in [5.74, 6) is 0.679. The fraction of sp³-hybridized carbons (Fsp3) is 0.500. The Labute approximate surface area is 123 Å². The number of nitrogens with zero attached hydrogens (tertiary/aromatic N) is 2. The Morgan fingerprint density at radius 3 is 2.86 bits per heavy atom. The van der Waals surface area contributed by atoms with E-state index in [-0.39, 0.29) is 11.7 Å². The molecule has 5 nitrogen and oxygen atoms in total. The van der Waals surface area contributed by atoms with Crippen molar-refractivity contribution in [1.82, 2.24) is 9.61 Å². The van der Waals surface area contributed by atoms with E-state index < -0.39 is 5.60 Å². The maximum atomic E-state index is 12.1. The van der Waals surface area contributed by atoms with Crippen molar-refractivity contribution in [1.29, 1.82) is 0 Å². The fourth-order valence-electron chi connectivity index (χ4n) is 2.50. The molecule has 2 aromatic heterocycles. The smallest absolute Gasteiger partial charge is 0.169 e. The summed E-state index contributed by atoms with van der Waals surface area (Å²) in [6.07, 6.45) is 5.99. The Morgan fingerprint density at radius 2 is 2.24 bits per heavy atom. The fourth-order valence-corrected chi connectivity index (χ4v) is 2.50. The second-order valence-corrected chi connectivity index (χ2v) is 6.14. The first-order valence-electron chi connectivity index (χ1n) is 7.35. The van der Waals surface area contributed by atoms with E-state index in [4.69, 9.17) is 4.74 Å². The molecule has 1 N–H and O–H groups in total. The highest BCUT2D eigenvalue weighted by atomic mass is 16.5. The molecule has 1 saturated carbocycles. The van der Waals surface area contributed by atoms with Crippen molar-refractivity contribution in [3.05, 3.63) is 30.1 Å². The number of pyridine rings is 1. The topological polar surface area (TPSA) is 63.8 Å². The summed E-state index contributed by atoms with van der Waals surface area (Å²) in [7, 11) is 0. The van der Waals surface area contributed by atoms with E-state index >= 15 is 0 Å². The van der Waals surface area contributed by atoms with Gasteiger partial charge in [-0.15, -0.1) is 0 Å². The van der Waals surface area contributed by atoms with Gasteiger partial charge in [0.05, 0.1) is 29.1 Å². The lowest BCUT2D eigenvalue weighted by molar-refractivity contribution is -0.0664. The largest absolute Gasteiger partial charge is 0.489 e. The number of ether oxygens (including phenoxy) is 1. The third kappa shape index (κ3) is 2.65. The van der Waals surface area contributed by atoms with Crippen LogP contribution in [-0.4, -0.2) is 32.7 Å². The van der Waals surface area contributed by atoms with Crippen LogP contribution >= 0.6 is 0 Å². The first-order valence-corrected chi connectivity index (χ1v) is 7.35. The highest BCUT2D eigenvalue weighted by Crippen LogP contribution is 2.32. The predicted octanol–water partition coefficient (Wildman–Crippen LogP) is 2.47. The molecule has 2 heterocycles. The SMILES string of the molecule is CC(C)C(=O)c1cnn2cc(OCC3(O)CCC3)ccc12. The number of hydrogen-bond donors (Lipinski definition) is 1. The van der Waals surface area contributed by atoms with Crippen LogP contribution in [0, 0.1) is 5.92 Å². The van der Waals surface area contributed by atoms with Gasteiger partial charge in [0.2, 0.25) is 0 Å². The molecule has 0 amide bonds. The molecule has 21 heavy (non-hydrogen) atoms. The van der Waals surface area contributed by atoms with Crippen molar-refractivity contribution in [2.75, 3.05) is 6.61 Å². The van der Waals surface area contributed by atoms with E-state index in [1.54, 1.807) is 16.9 Å². The van der Waals surface area contributed by atoms with Crippen LogP contribution in [0.5, 0.6) is 5.75 Å². The van der Waals surface area contributed by atoms with Gasteiger partial charge in [0.25, 0.3) is 0 Å². The standard InChI is InChI=1S/C16H20N2O3/c1-11(2)15(19)13-8-17-18-9-12(4-5-14(13)18)21-10-16(20)6-3-7-16/h4-5,8-9,11,20H,3,6-7,10H2,1-2H3. The Hall–Kier alpha value is -1.88. The lowest BCUT2D eigenvalue weighted by Crippen LogP contribution is -2.42. The number of ketones is 1. The Balaban J connectivity index is 1.79. The van der Waals surface area contributed by atoms with E-state index in [0.29, 0.717) is 17.9 Å². The summed E-state index contributed by atoms with van der Waals surface area (Å²) in [6, 6.07) is 3.65. The molecule has 1 fully saturated rings. The molecule has 5 heteroatoms. The summed E-state index contributed by atoms with van der Waals surface area (Å²) in [5, 5.41) is 14.2. The lowest BCUT2D eigenvalue weighted by Gasteiger charge is -2.35. The van der Waals surface area contributed by atoms with Crippen LogP contribution in [0.25, 0.3) is 5.52 Å². The zero-order valence-corrected chi connectivity index (χ0v) is 12.4. The van der Waals surface area contributed by atoms with Crippen LogP contribution in [0.4, 0.5) is 0 Å². The van der Waals surface area contributed by atoms with Crippen molar-refractivity contribution in [2.24, 2.45) is 5.92 Å². The molecule has 0 aromatic carbocycles. The third-order valence-corrected chi connectivity index (χ3v) is 4.07. The van der Waals surface area contributed by atoms with Gasteiger partial charge in [-0.2, -0.15) is 5.10 Å². The summed E-state index contributed by atoms with van der Waals surface area (Å²) in [6.45, 7) is 4.06. The minimum Gasteiger partial charge on any atom is -0.489 e. The number of fused-ring (bicyclic) bond motifs is 1. The van der Waals surface area contributed by atoms with Crippen molar-refractivity contribution < 1.29 is 14.6 Å². The van der Waals surface area contributed by atoms with Crippen LogP contribution in [0.3, 0.4) is 0 Å². The average molecular weight is 288 g/mol. The summed E-state index contributed by atoms with van der Waals surface area (Å²) in [4.78, 5) is 12.1. The van der Waals surface area contributed by atoms with E-state index in [1.807, 2.05) is 26.0 Å². The molecule has 0 aliphatic heterocycles. The van der Waals surface area contributed by atoms with Crippen molar-refractivity contribution >= 4 is 11.3 Å². The van der Waals surface area contributed by atoms with Crippen LogP contribution in [0.1, 0.15) is 43.5 Å². The molecule has 0 atom stereocenters. The van der Waals surface area contributed by atoms with Gasteiger partial charge in [0.1, 0.15) is 12.4 Å². The molecule has 0 bridgehead atoms. The number of carbonyl (C=O) groups excluding carboxylic acids is 1. The van der Waals surface area contributed by atoms with Gasteiger partial charge in [-0.3, -0.25) is 4.79 Å². The number of Topliss-reactive ketones (excluding diaryl/α,β-unsaturated/α-hetero) is 1. The molecule has 1 aliphatic rings. The summed E-state index contributed by atoms with van der Waals surface area (Å²) < 4.78 is 7.29. The van der Waals surface area contributed by atoms with Crippen LogP contribution in [0.15, 0.2) is 24.5 Å². The van der Waals surface area contributed by atoms with Gasteiger partial charge in [0.15, 0.2) is 5.78 Å². The minimum atomic E-state index is -0.669. The van der Waals surface area contributed by atoms with Crippen LogP contribution < -0.4 is 4.74 Å². The van der Waals surface area contributed by atoms with Gasteiger partial charge in [0, 0.05) is 5.92 Å². The van der Waals surface area contributed by atoms with Gasteiger partial charge in [-0.1, -0.05) is 13.8 Å². The van der Waals surface area contributed by atoms with Crippen molar-refractivity contribution in [3.63, 3.8) is 0 Å². The first kappa shape index (κ1) is 14.1. The second kappa shape index (κ2) is 5.15. The number of aromatic nitrogens is 2. The highest BCUT2D eigenvalue weighted by Gasteiger charge is 2.35. The Morgan fingerprint density at radius 1 is 1.48 bits per heavy atom. The number of hydrogen-bond acceptors (Lipinski definition) is 4. The zero-order chi connectivity index (χ0) is 15.0. The molecule has 2 aromatic rings. The second-order valence-electron chi connectivity index (χ2n) is 6.14. The maximum Gasteiger partial charge on any atom is 0.169 e. The molecule has 1 aliphatic carbocycles. The Bertz CT molecular complexity index is 671. The molecule has 0 unspecified atom stereocenters. The minimum absolute atomic E-state index is 0.0539. The molecule has 112 valence electrons. The quantitative estimate of drug-likeness (QED) is 0.858. The van der Waals surface area contributed by atoms with Gasteiger partial charge < -0.3 is 9.84 Å². The van der Waals surface area contributed by atoms with Crippen LogP contribution in [-0.2, 0) is 0 Å². The van der Waals surface area contributed by atoms with Gasteiger partial charge in [-0.05, 0) is 31.4 Å². The van der Waals surface area contributed by atoms with Crippen LogP contribution in [0.2, 0.25) is 0 Å². The van der Waals surface area contributed by atoms with Gasteiger partial charge >= 0.3 is 0 Å². The maximum absolute atomic E-state index is 12.1. The monoisotopic (exact) mass is 288 g/mol. The number of aliphatic hydroxyl groups is 1. The van der Waals surface area contributed by atoms with E-state index in [9.17, 15) is 9.90 Å². The van der Waals surface area contributed by atoms with E-state index in [2.05, 4.69) is 5.10 Å². The first-order chi connectivity index (χ1) is 9.98. The predicted molar refractivity (Wildman–Crippen MR) is 78.7 cm³/mol. The average Bonchev–Trinajstić information content (AvgIpc) is 2.85. The molecule has 0 radical (unpaired) electrons. The number of carbonyl (C=O) groups is 1. The van der Waals surface area contributed by atoms with Crippen molar-refractivity contribution in [3.8, 4) is 5.75 Å². The Kier molecular flexibility index (Phi) is 3.45. The highest BCUT2D eigenvalue weighted by molar-refractivity contribution is 6.03. The number of rotatable bonds is 5. The van der Waals surface area contributed by atoms with Gasteiger partial charge in [-0.25, -0.2) is 4.52 Å². The zero-order valence-electron chi connectivity index (χ0n) is 12.4. The molecule has 0 saturated heterocycles. The summed E-state index contributed by atoms with van der Waals surface area (Å²) in [5.41, 5.74) is 0.746. The molecule has 0 spiro atoms. The molecule has 3 rings (SSSR count). The molecular formula is C16H20N2O3. The van der Waals surface area contributed by atoms with E-state index in [1.165, 1.54) is 0 Å². The third-order valence-electron chi connectivity index (χ3n) is 4.07. The summed E-state index contributed by atoms with van der Waals surface area (Å²) >= 11 is 0. The van der Waals surface area contributed by atoms with E-state index in [0.717, 1.165) is 24.8 Å².